The molecule has 2 aromatic rings. The van der Waals surface area contributed by atoms with Gasteiger partial charge in [-0.3, -0.25) is 4.79 Å². The van der Waals surface area contributed by atoms with Gasteiger partial charge in [-0.1, -0.05) is 5.16 Å². The van der Waals surface area contributed by atoms with Crippen LogP contribution in [0.15, 0.2) is 10.9 Å². The average molecular weight is 343 g/mol. The van der Waals surface area contributed by atoms with Crippen molar-refractivity contribution in [2.45, 2.75) is 33.3 Å². The fourth-order valence-corrected chi connectivity index (χ4v) is 3.73. The minimum absolute atomic E-state index is 0.0478. The summed E-state index contributed by atoms with van der Waals surface area (Å²) in [5.74, 6) is 1.81. The van der Waals surface area contributed by atoms with Crippen LogP contribution in [0.1, 0.15) is 33.5 Å². The average Bonchev–Trinajstić information content (AvgIpc) is 3.27. The van der Waals surface area contributed by atoms with Crippen LogP contribution >= 0.6 is 0 Å². The van der Waals surface area contributed by atoms with Crippen LogP contribution < -0.4 is 0 Å². The second-order valence-electron chi connectivity index (χ2n) is 6.88. The molecule has 25 heavy (non-hydrogen) atoms. The number of carbonyl (C=O) groups excluding carboxylic acids is 1. The Kier molecular flexibility index (Phi) is 3.99. The fourth-order valence-electron chi connectivity index (χ4n) is 3.73. The first kappa shape index (κ1) is 16.1. The molecule has 8 nitrogen and oxygen atoms in total. The molecule has 0 bridgehead atoms. The lowest BCUT2D eigenvalue weighted by molar-refractivity contribution is 0.0670. The summed E-state index contributed by atoms with van der Waals surface area (Å²) in [5, 5.41) is 3.84. The van der Waals surface area contributed by atoms with Crippen LogP contribution in [-0.4, -0.2) is 56.7 Å². The maximum atomic E-state index is 12.9. The van der Waals surface area contributed by atoms with Crippen molar-refractivity contribution in [3.8, 4) is 0 Å². The standard InChI is InChI=1S/C17H21N5O3/c1-9-10(2)18-8-19-16(9)17(23)22-5-13-12(7-24-14(13)6-22)4-15-20-11(3)21-25-15/h8,12-14H,4-7H2,1-3H3/t12-,13+,14+/m0/s1. The molecule has 0 unspecified atom stereocenters. The highest BCUT2D eigenvalue weighted by atomic mass is 16.5. The molecule has 3 atom stereocenters. The molecule has 4 heterocycles. The van der Waals surface area contributed by atoms with Crippen molar-refractivity contribution in [1.29, 1.82) is 0 Å². The molecule has 0 aromatic carbocycles. The number of amides is 1. The van der Waals surface area contributed by atoms with Crippen molar-refractivity contribution in [1.82, 2.24) is 25.0 Å². The number of likely N-dealkylation sites (tertiary alicyclic amines) is 1. The Morgan fingerprint density at radius 3 is 2.88 bits per heavy atom. The summed E-state index contributed by atoms with van der Waals surface area (Å²) in [5.41, 5.74) is 2.15. The summed E-state index contributed by atoms with van der Waals surface area (Å²) in [4.78, 5) is 27.3. The van der Waals surface area contributed by atoms with Gasteiger partial charge in [0.15, 0.2) is 5.82 Å². The summed E-state index contributed by atoms with van der Waals surface area (Å²) in [6.45, 7) is 7.53. The molecule has 2 aliphatic rings. The number of hydrogen-bond donors (Lipinski definition) is 0. The SMILES string of the molecule is Cc1noc(C[C@H]2CO[C@@H]3CN(C(=O)c4ncnc(C)c4C)C[C@H]23)n1. The number of ether oxygens (including phenoxy) is 1. The molecule has 4 rings (SSSR count). The van der Waals surface area contributed by atoms with Gasteiger partial charge in [-0.05, 0) is 26.7 Å². The Hall–Kier alpha value is -2.35. The third-order valence-electron chi connectivity index (χ3n) is 5.27. The topological polar surface area (TPSA) is 94.2 Å². The molecular weight excluding hydrogens is 322 g/mol. The van der Waals surface area contributed by atoms with E-state index in [-0.39, 0.29) is 17.9 Å². The molecule has 2 saturated heterocycles. The van der Waals surface area contributed by atoms with Gasteiger partial charge in [0.2, 0.25) is 5.89 Å². The smallest absolute Gasteiger partial charge is 0.272 e. The second-order valence-corrected chi connectivity index (χ2v) is 6.88. The fraction of sp³-hybridized carbons (Fsp3) is 0.588. The molecule has 0 spiro atoms. The molecule has 2 aliphatic heterocycles. The molecule has 0 saturated carbocycles. The monoisotopic (exact) mass is 343 g/mol. The quantitative estimate of drug-likeness (QED) is 0.824. The third-order valence-corrected chi connectivity index (χ3v) is 5.27. The van der Waals surface area contributed by atoms with Crippen LogP contribution in [0.25, 0.3) is 0 Å². The van der Waals surface area contributed by atoms with E-state index in [0.717, 1.165) is 11.3 Å². The molecule has 0 N–H and O–H groups in total. The van der Waals surface area contributed by atoms with Crippen molar-refractivity contribution in [3.63, 3.8) is 0 Å². The van der Waals surface area contributed by atoms with Crippen LogP contribution in [0.5, 0.6) is 0 Å². The lowest BCUT2D eigenvalue weighted by atomic mass is 9.90. The minimum atomic E-state index is -0.0478. The van der Waals surface area contributed by atoms with E-state index in [1.807, 2.05) is 25.7 Å². The number of hydrogen-bond acceptors (Lipinski definition) is 7. The molecule has 0 aliphatic carbocycles. The highest BCUT2D eigenvalue weighted by Crippen LogP contribution is 2.36. The summed E-state index contributed by atoms with van der Waals surface area (Å²) in [7, 11) is 0. The van der Waals surface area contributed by atoms with Crippen LogP contribution in [0.3, 0.4) is 0 Å². The Morgan fingerprint density at radius 2 is 2.12 bits per heavy atom. The van der Waals surface area contributed by atoms with Crippen molar-refractivity contribution >= 4 is 5.91 Å². The van der Waals surface area contributed by atoms with Crippen molar-refractivity contribution in [3.05, 3.63) is 35.0 Å². The van der Waals surface area contributed by atoms with E-state index in [1.54, 1.807) is 0 Å². The number of carbonyl (C=O) groups is 1. The highest BCUT2D eigenvalue weighted by molar-refractivity contribution is 5.94. The van der Waals surface area contributed by atoms with Gasteiger partial charge in [-0.2, -0.15) is 4.98 Å². The molecule has 132 valence electrons. The number of rotatable bonds is 3. The summed E-state index contributed by atoms with van der Waals surface area (Å²) >= 11 is 0. The summed E-state index contributed by atoms with van der Waals surface area (Å²) in [6.07, 6.45) is 2.21. The van der Waals surface area contributed by atoms with Gasteiger partial charge in [-0.25, -0.2) is 9.97 Å². The number of fused-ring (bicyclic) bond motifs is 1. The van der Waals surface area contributed by atoms with E-state index in [4.69, 9.17) is 9.26 Å². The largest absolute Gasteiger partial charge is 0.376 e. The lowest BCUT2D eigenvalue weighted by Gasteiger charge is -2.19. The maximum absolute atomic E-state index is 12.9. The molecule has 8 heteroatoms. The minimum Gasteiger partial charge on any atom is -0.376 e. The first-order chi connectivity index (χ1) is 12.0. The van der Waals surface area contributed by atoms with E-state index >= 15 is 0 Å². The van der Waals surface area contributed by atoms with Gasteiger partial charge >= 0.3 is 0 Å². The van der Waals surface area contributed by atoms with Gasteiger partial charge in [0.1, 0.15) is 12.0 Å². The Labute approximate surface area is 145 Å². The maximum Gasteiger partial charge on any atom is 0.272 e. The lowest BCUT2D eigenvalue weighted by Crippen LogP contribution is -2.32. The van der Waals surface area contributed by atoms with E-state index in [0.29, 0.717) is 49.4 Å². The third kappa shape index (κ3) is 2.90. The van der Waals surface area contributed by atoms with Crippen LogP contribution in [-0.2, 0) is 11.2 Å². The van der Waals surface area contributed by atoms with Gasteiger partial charge in [-0.15, -0.1) is 0 Å². The van der Waals surface area contributed by atoms with E-state index < -0.39 is 0 Å². The van der Waals surface area contributed by atoms with Gasteiger partial charge < -0.3 is 14.2 Å². The number of aryl methyl sites for hydroxylation is 2. The highest BCUT2D eigenvalue weighted by Gasteiger charge is 2.46. The van der Waals surface area contributed by atoms with Crippen molar-refractivity contribution in [2.24, 2.45) is 11.8 Å². The first-order valence-electron chi connectivity index (χ1n) is 8.51. The van der Waals surface area contributed by atoms with Crippen LogP contribution in [0.4, 0.5) is 0 Å². The zero-order valence-electron chi connectivity index (χ0n) is 14.6. The number of nitrogens with zero attached hydrogens (tertiary/aromatic N) is 5. The molecule has 2 aromatic heterocycles. The van der Waals surface area contributed by atoms with Crippen molar-refractivity contribution in [2.75, 3.05) is 19.7 Å². The molecule has 1 amide bonds. The molecule has 2 fully saturated rings. The predicted molar refractivity (Wildman–Crippen MR) is 86.9 cm³/mol. The zero-order valence-corrected chi connectivity index (χ0v) is 14.6. The van der Waals surface area contributed by atoms with Crippen LogP contribution in [0, 0.1) is 32.6 Å². The number of aromatic nitrogens is 4. The van der Waals surface area contributed by atoms with Gasteiger partial charge in [0.05, 0.1) is 12.7 Å². The van der Waals surface area contributed by atoms with E-state index in [2.05, 4.69) is 20.1 Å². The van der Waals surface area contributed by atoms with E-state index in [1.165, 1.54) is 6.33 Å². The van der Waals surface area contributed by atoms with Gasteiger partial charge in [0, 0.05) is 36.7 Å². The normalized spacial score (nSPS) is 25.4. The Balaban J connectivity index is 1.47. The van der Waals surface area contributed by atoms with Gasteiger partial charge in [0.25, 0.3) is 5.91 Å². The van der Waals surface area contributed by atoms with E-state index in [9.17, 15) is 4.79 Å². The second kappa shape index (κ2) is 6.18. The predicted octanol–water partition coefficient (Wildman–Crippen LogP) is 1.11. The zero-order chi connectivity index (χ0) is 17.6. The molecular formula is C17H21N5O3. The summed E-state index contributed by atoms with van der Waals surface area (Å²) < 4.78 is 11.2. The van der Waals surface area contributed by atoms with Crippen molar-refractivity contribution < 1.29 is 14.1 Å². The Bertz CT molecular complexity index is 805. The molecule has 0 radical (unpaired) electrons. The Morgan fingerprint density at radius 1 is 1.28 bits per heavy atom. The summed E-state index contributed by atoms with van der Waals surface area (Å²) in [6, 6.07) is 0. The van der Waals surface area contributed by atoms with Crippen LogP contribution in [0.2, 0.25) is 0 Å². The first-order valence-corrected chi connectivity index (χ1v) is 8.51.